The van der Waals surface area contributed by atoms with Gasteiger partial charge in [0.2, 0.25) is 0 Å². The first-order valence-corrected chi connectivity index (χ1v) is 5.13. The first-order chi connectivity index (χ1) is 5.00. The Morgan fingerprint density at radius 2 is 1.91 bits per heavy atom. The molecular formula is C9H18BrO. The summed E-state index contributed by atoms with van der Waals surface area (Å²) in [7, 11) is 0. The Kier molecular flexibility index (Phi) is 5.36. The number of rotatable bonds is 5. The van der Waals surface area contributed by atoms with Gasteiger partial charge in [-0.3, -0.25) is 0 Å². The van der Waals surface area contributed by atoms with Gasteiger partial charge in [-0.2, -0.15) is 0 Å². The highest BCUT2D eigenvalue weighted by Gasteiger charge is 2.22. The van der Waals surface area contributed by atoms with Crippen molar-refractivity contribution in [3.8, 4) is 0 Å². The van der Waals surface area contributed by atoms with Gasteiger partial charge in [-0.25, -0.2) is 0 Å². The van der Waals surface area contributed by atoms with Crippen LogP contribution in [-0.2, 0) is 4.74 Å². The second kappa shape index (κ2) is 5.15. The van der Waals surface area contributed by atoms with Crippen LogP contribution < -0.4 is 0 Å². The summed E-state index contributed by atoms with van der Waals surface area (Å²) in [4.78, 5) is 0. The van der Waals surface area contributed by atoms with Gasteiger partial charge in [0.1, 0.15) is 0 Å². The van der Waals surface area contributed by atoms with E-state index < -0.39 is 0 Å². The van der Waals surface area contributed by atoms with E-state index in [2.05, 4.69) is 43.6 Å². The SMILES string of the molecule is C[C](C)C(C)(C)OCCCBr. The summed E-state index contributed by atoms with van der Waals surface area (Å²) in [6.07, 6.45) is 1.08. The number of halogens is 1. The zero-order valence-corrected chi connectivity index (χ0v) is 9.49. The fourth-order valence-electron chi connectivity index (χ4n) is 0.526. The van der Waals surface area contributed by atoms with Crippen LogP contribution in [-0.4, -0.2) is 17.5 Å². The van der Waals surface area contributed by atoms with Crippen molar-refractivity contribution in [1.29, 1.82) is 0 Å². The van der Waals surface area contributed by atoms with E-state index in [-0.39, 0.29) is 5.60 Å². The Hall–Kier alpha value is 0.440. The molecule has 2 heteroatoms. The van der Waals surface area contributed by atoms with Crippen LogP contribution in [0.4, 0.5) is 0 Å². The Morgan fingerprint density at radius 1 is 1.36 bits per heavy atom. The highest BCUT2D eigenvalue weighted by atomic mass is 79.9. The maximum atomic E-state index is 5.66. The average molecular weight is 222 g/mol. The largest absolute Gasteiger partial charge is 0.375 e. The standard InChI is InChI=1S/C9H18BrO/c1-8(2)9(3,4)11-7-5-6-10/h5-7H2,1-4H3. The maximum absolute atomic E-state index is 5.66. The Balaban J connectivity index is 3.55. The molecule has 0 atom stereocenters. The third-order valence-corrected chi connectivity index (χ3v) is 2.51. The van der Waals surface area contributed by atoms with E-state index >= 15 is 0 Å². The summed E-state index contributed by atoms with van der Waals surface area (Å²) in [5.74, 6) is 1.33. The molecule has 0 fully saturated rings. The second-order valence-corrected chi connectivity index (χ2v) is 4.19. The first kappa shape index (κ1) is 11.4. The van der Waals surface area contributed by atoms with Gasteiger partial charge in [0.25, 0.3) is 0 Å². The maximum Gasteiger partial charge on any atom is 0.0683 e. The summed E-state index contributed by atoms with van der Waals surface area (Å²) in [6.45, 7) is 9.26. The van der Waals surface area contributed by atoms with Crippen molar-refractivity contribution >= 4 is 15.9 Å². The monoisotopic (exact) mass is 221 g/mol. The van der Waals surface area contributed by atoms with Crippen LogP contribution in [0.2, 0.25) is 0 Å². The molecule has 11 heavy (non-hydrogen) atoms. The molecule has 0 saturated heterocycles. The van der Waals surface area contributed by atoms with E-state index in [1.54, 1.807) is 0 Å². The number of hydrogen-bond acceptors (Lipinski definition) is 1. The summed E-state index contributed by atoms with van der Waals surface area (Å²) in [5.41, 5.74) is -0.0534. The van der Waals surface area contributed by atoms with E-state index in [0.29, 0.717) is 0 Å². The third kappa shape index (κ3) is 4.81. The molecule has 0 aliphatic carbocycles. The van der Waals surface area contributed by atoms with Gasteiger partial charge in [-0.15, -0.1) is 0 Å². The van der Waals surface area contributed by atoms with Gasteiger partial charge in [0.05, 0.1) is 5.60 Å². The molecule has 0 unspecified atom stereocenters. The van der Waals surface area contributed by atoms with Gasteiger partial charge >= 0.3 is 0 Å². The first-order valence-electron chi connectivity index (χ1n) is 4.01. The van der Waals surface area contributed by atoms with Gasteiger partial charge in [-0.1, -0.05) is 29.8 Å². The fourth-order valence-corrected chi connectivity index (χ4v) is 0.755. The molecule has 0 aromatic rings. The van der Waals surface area contributed by atoms with Crippen LogP contribution in [0.15, 0.2) is 0 Å². The minimum absolute atomic E-state index is 0.0534. The molecule has 1 radical (unpaired) electrons. The lowest BCUT2D eigenvalue weighted by atomic mass is 9.95. The minimum atomic E-state index is -0.0534. The lowest BCUT2D eigenvalue weighted by Gasteiger charge is -2.28. The molecule has 0 heterocycles. The van der Waals surface area contributed by atoms with Gasteiger partial charge in [0.15, 0.2) is 0 Å². The molecule has 0 amide bonds. The van der Waals surface area contributed by atoms with Crippen molar-refractivity contribution in [1.82, 2.24) is 0 Å². The van der Waals surface area contributed by atoms with Gasteiger partial charge in [0, 0.05) is 17.9 Å². The highest BCUT2D eigenvalue weighted by Crippen LogP contribution is 2.22. The van der Waals surface area contributed by atoms with Crippen molar-refractivity contribution < 1.29 is 4.74 Å². The summed E-state index contributed by atoms with van der Waals surface area (Å²) < 4.78 is 5.66. The molecule has 0 aliphatic heterocycles. The van der Waals surface area contributed by atoms with Crippen LogP contribution in [0.1, 0.15) is 34.1 Å². The van der Waals surface area contributed by atoms with Crippen LogP contribution in [0.3, 0.4) is 0 Å². The Bertz CT molecular complexity index is 99.7. The van der Waals surface area contributed by atoms with Crippen LogP contribution in [0, 0.1) is 5.92 Å². The van der Waals surface area contributed by atoms with Crippen molar-refractivity contribution in [2.45, 2.75) is 39.7 Å². The van der Waals surface area contributed by atoms with Crippen molar-refractivity contribution in [2.75, 3.05) is 11.9 Å². The van der Waals surface area contributed by atoms with E-state index in [4.69, 9.17) is 4.74 Å². The molecular weight excluding hydrogens is 204 g/mol. The molecule has 0 rings (SSSR count). The molecule has 0 N–H and O–H groups in total. The second-order valence-electron chi connectivity index (χ2n) is 3.40. The van der Waals surface area contributed by atoms with Crippen LogP contribution in [0.25, 0.3) is 0 Å². The molecule has 0 bridgehead atoms. The smallest absolute Gasteiger partial charge is 0.0683 e. The number of ether oxygens (including phenoxy) is 1. The summed E-state index contributed by atoms with van der Waals surface area (Å²) >= 11 is 3.37. The molecule has 0 spiro atoms. The molecule has 0 aliphatic rings. The molecule has 0 aromatic carbocycles. The summed E-state index contributed by atoms with van der Waals surface area (Å²) in [6, 6.07) is 0. The average Bonchev–Trinajstić information content (AvgIpc) is 1.88. The van der Waals surface area contributed by atoms with E-state index in [1.165, 1.54) is 5.92 Å². The molecule has 67 valence electrons. The van der Waals surface area contributed by atoms with E-state index in [9.17, 15) is 0 Å². The topological polar surface area (TPSA) is 9.23 Å². The zero-order chi connectivity index (χ0) is 8.91. The number of alkyl halides is 1. The lowest BCUT2D eigenvalue weighted by Crippen LogP contribution is -2.30. The van der Waals surface area contributed by atoms with Crippen LogP contribution in [0.5, 0.6) is 0 Å². The van der Waals surface area contributed by atoms with Crippen molar-refractivity contribution in [2.24, 2.45) is 0 Å². The predicted molar refractivity (Wildman–Crippen MR) is 53.0 cm³/mol. The highest BCUT2D eigenvalue weighted by molar-refractivity contribution is 9.09. The molecule has 1 nitrogen and oxygen atoms in total. The van der Waals surface area contributed by atoms with Crippen molar-refractivity contribution in [3.63, 3.8) is 0 Å². The fraction of sp³-hybridized carbons (Fsp3) is 0.889. The third-order valence-electron chi connectivity index (χ3n) is 1.94. The van der Waals surface area contributed by atoms with E-state index in [1.807, 2.05) is 0 Å². The number of hydrogen-bond donors (Lipinski definition) is 0. The minimum Gasteiger partial charge on any atom is -0.375 e. The Morgan fingerprint density at radius 3 is 2.27 bits per heavy atom. The lowest BCUT2D eigenvalue weighted by molar-refractivity contribution is -0.00412. The molecule has 0 saturated carbocycles. The van der Waals surface area contributed by atoms with Gasteiger partial charge in [-0.05, 0) is 20.3 Å². The quantitative estimate of drug-likeness (QED) is 0.512. The van der Waals surface area contributed by atoms with E-state index in [0.717, 1.165) is 18.4 Å². The zero-order valence-electron chi connectivity index (χ0n) is 7.91. The molecule has 0 aromatic heterocycles. The van der Waals surface area contributed by atoms with Gasteiger partial charge < -0.3 is 4.74 Å². The van der Waals surface area contributed by atoms with Crippen LogP contribution >= 0.6 is 15.9 Å². The van der Waals surface area contributed by atoms with Crippen molar-refractivity contribution in [3.05, 3.63) is 5.92 Å². The Labute approximate surface area is 78.6 Å². The summed E-state index contributed by atoms with van der Waals surface area (Å²) in [5, 5.41) is 1.02. The predicted octanol–water partition coefficient (Wildman–Crippen LogP) is 3.18. The normalized spacial score (nSPS) is 12.5.